The molecular weight excluding hydrogens is 749 g/mol. The van der Waals surface area contributed by atoms with Gasteiger partial charge in [0.25, 0.3) is 0 Å². The summed E-state index contributed by atoms with van der Waals surface area (Å²) in [5, 5.41) is 8.45. The Kier molecular flexibility index (Phi) is 6.97. The van der Waals surface area contributed by atoms with Gasteiger partial charge in [0.05, 0.1) is 5.39 Å². The zero-order valence-corrected chi connectivity index (χ0v) is 33.3. The minimum atomic E-state index is -0.168. The van der Waals surface area contributed by atoms with Crippen LogP contribution in [-0.4, -0.2) is 19.9 Å². The first-order chi connectivity index (χ1) is 29.9. The summed E-state index contributed by atoms with van der Waals surface area (Å²) in [7, 11) is 0. The molecule has 286 valence electrons. The van der Waals surface area contributed by atoms with Gasteiger partial charge < -0.3 is 8.83 Å². The smallest absolute Gasteiger partial charge is 0.227 e. The van der Waals surface area contributed by atoms with Crippen LogP contribution in [0.4, 0.5) is 0 Å². The minimum absolute atomic E-state index is 0.168. The maximum absolute atomic E-state index is 6.67. The first-order valence-corrected chi connectivity index (χ1v) is 20.6. The van der Waals surface area contributed by atoms with Crippen molar-refractivity contribution >= 4 is 65.4 Å². The van der Waals surface area contributed by atoms with Gasteiger partial charge in [-0.15, -0.1) is 0 Å². The molecule has 12 aromatic rings. The topological polar surface area (TPSA) is 77.8 Å². The molecule has 0 saturated heterocycles. The summed E-state index contributed by atoms with van der Waals surface area (Å²) >= 11 is 0. The third-order valence-corrected chi connectivity index (χ3v) is 12.7. The van der Waals surface area contributed by atoms with Gasteiger partial charge in [-0.25, -0.2) is 19.9 Å². The van der Waals surface area contributed by atoms with Crippen LogP contribution in [0.2, 0.25) is 0 Å². The molecule has 0 saturated carbocycles. The van der Waals surface area contributed by atoms with E-state index in [0.29, 0.717) is 28.9 Å². The Morgan fingerprint density at radius 1 is 0.393 bits per heavy atom. The lowest BCUT2D eigenvalue weighted by Gasteiger charge is -2.21. The first-order valence-electron chi connectivity index (χ1n) is 20.6. The van der Waals surface area contributed by atoms with E-state index in [9.17, 15) is 0 Å². The van der Waals surface area contributed by atoms with Gasteiger partial charge in [0.2, 0.25) is 5.89 Å². The molecule has 13 rings (SSSR count). The van der Waals surface area contributed by atoms with Crippen molar-refractivity contribution in [3.05, 3.63) is 181 Å². The molecule has 0 fully saturated rings. The molecule has 1 aliphatic carbocycles. The van der Waals surface area contributed by atoms with Gasteiger partial charge in [-0.3, -0.25) is 0 Å². The van der Waals surface area contributed by atoms with E-state index in [4.69, 9.17) is 28.8 Å². The molecule has 0 amide bonds. The van der Waals surface area contributed by atoms with E-state index < -0.39 is 0 Å². The SMILES string of the molecule is CC1(C)c2ccccc2-c2ccc(-c3nc(-c4ccc5ccc6oc7ccc8nc(-c9ccc%10ccccc%10c9)oc8c7c6c5c4)nc(-c4cccc5ccccc45)n3)cc21. The molecule has 0 aliphatic heterocycles. The van der Waals surface area contributed by atoms with Crippen LogP contribution in [0, 0.1) is 0 Å². The molecule has 0 radical (unpaired) electrons. The Labute approximate surface area is 349 Å². The molecule has 0 N–H and O–H groups in total. The quantitative estimate of drug-likeness (QED) is 0.177. The molecule has 0 spiro atoms. The number of rotatable bonds is 4. The fourth-order valence-electron chi connectivity index (χ4n) is 9.66. The molecular formula is C55H34N4O2. The van der Waals surface area contributed by atoms with Crippen LogP contribution >= 0.6 is 0 Å². The van der Waals surface area contributed by atoms with Gasteiger partial charge in [0.1, 0.15) is 16.7 Å². The summed E-state index contributed by atoms with van der Waals surface area (Å²) in [6.07, 6.45) is 0. The number of benzene rings is 9. The third-order valence-electron chi connectivity index (χ3n) is 12.7. The normalized spacial score (nSPS) is 13.2. The van der Waals surface area contributed by atoms with Crippen molar-refractivity contribution in [2.75, 3.05) is 0 Å². The Balaban J connectivity index is 1.02. The highest BCUT2D eigenvalue weighted by molar-refractivity contribution is 6.25. The van der Waals surface area contributed by atoms with Gasteiger partial charge in [-0.1, -0.05) is 141 Å². The largest absolute Gasteiger partial charge is 0.456 e. The van der Waals surface area contributed by atoms with Crippen molar-refractivity contribution < 1.29 is 8.83 Å². The second-order valence-electron chi connectivity index (χ2n) is 16.6. The van der Waals surface area contributed by atoms with Crippen molar-refractivity contribution in [1.82, 2.24) is 19.9 Å². The molecule has 6 nitrogen and oxygen atoms in total. The summed E-state index contributed by atoms with van der Waals surface area (Å²) < 4.78 is 13.2. The minimum Gasteiger partial charge on any atom is -0.456 e. The predicted octanol–water partition coefficient (Wildman–Crippen LogP) is 14.3. The van der Waals surface area contributed by atoms with Crippen molar-refractivity contribution in [3.8, 4) is 56.7 Å². The highest BCUT2D eigenvalue weighted by atomic mass is 16.4. The Bertz CT molecular complexity index is 3810. The third kappa shape index (κ3) is 5.09. The lowest BCUT2D eigenvalue weighted by Crippen LogP contribution is -2.15. The summed E-state index contributed by atoms with van der Waals surface area (Å²) in [4.78, 5) is 20.7. The van der Waals surface area contributed by atoms with Crippen LogP contribution in [0.25, 0.3) is 122 Å². The van der Waals surface area contributed by atoms with Crippen LogP contribution in [0.15, 0.2) is 179 Å². The second kappa shape index (κ2) is 12.5. The highest BCUT2D eigenvalue weighted by Gasteiger charge is 2.35. The molecule has 1 aliphatic rings. The van der Waals surface area contributed by atoms with E-state index in [2.05, 4.69) is 159 Å². The van der Waals surface area contributed by atoms with Gasteiger partial charge in [0.15, 0.2) is 23.1 Å². The fourth-order valence-corrected chi connectivity index (χ4v) is 9.66. The Morgan fingerprint density at radius 2 is 1.02 bits per heavy atom. The van der Waals surface area contributed by atoms with Crippen molar-refractivity contribution in [1.29, 1.82) is 0 Å². The van der Waals surface area contributed by atoms with Crippen LogP contribution in [0.3, 0.4) is 0 Å². The van der Waals surface area contributed by atoms with Crippen LogP contribution in [0.1, 0.15) is 25.0 Å². The number of hydrogen-bond acceptors (Lipinski definition) is 6. The van der Waals surface area contributed by atoms with E-state index in [1.807, 2.05) is 24.3 Å². The molecule has 6 heteroatoms. The molecule has 3 heterocycles. The Morgan fingerprint density at radius 3 is 1.92 bits per heavy atom. The number of oxazole rings is 1. The van der Waals surface area contributed by atoms with E-state index in [-0.39, 0.29) is 5.41 Å². The summed E-state index contributed by atoms with van der Waals surface area (Å²) in [5.74, 6) is 2.41. The van der Waals surface area contributed by atoms with E-state index >= 15 is 0 Å². The van der Waals surface area contributed by atoms with Crippen LogP contribution in [-0.2, 0) is 5.41 Å². The van der Waals surface area contributed by atoms with E-state index in [1.54, 1.807) is 0 Å². The summed E-state index contributed by atoms with van der Waals surface area (Å²) in [6, 6.07) is 59.2. The molecule has 3 aromatic heterocycles. The van der Waals surface area contributed by atoms with E-state index in [1.165, 1.54) is 27.6 Å². The van der Waals surface area contributed by atoms with Gasteiger partial charge >= 0.3 is 0 Å². The molecule has 61 heavy (non-hydrogen) atoms. The maximum Gasteiger partial charge on any atom is 0.227 e. The average molecular weight is 783 g/mol. The monoisotopic (exact) mass is 782 g/mol. The standard InChI is InChI=1S/C55H34N4O2/c1-55(2)43-17-8-7-15-39(43)40-24-22-36(30-44(40)55)52-57-51(58-53(59-52)41-16-9-13-32-11-5-6-14-38(32)41)35-20-19-33-23-26-46-48(42(33)29-35)49-47(60-46)27-25-45-50(49)61-54(56-45)37-21-18-31-10-3-4-12-34(31)28-37/h3-30H,1-2H3. The second-order valence-corrected chi connectivity index (χ2v) is 16.6. The molecule has 0 atom stereocenters. The number of aromatic nitrogens is 4. The molecule has 0 bridgehead atoms. The van der Waals surface area contributed by atoms with Crippen LogP contribution in [0.5, 0.6) is 0 Å². The fraction of sp³-hybridized carbons (Fsp3) is 0.0545. The van der Waals surface area contributed by atoms with Gasteiger partial charge in [0, 0.05) is 33.1 Å². The lowest BCUT2D eigenvalue weighted by molar-refractivity contribution is 0.622. The zero-order valence-electron chi connectivity index (χ0n) is 33.3. The zero-order chi connectivity index (χ0) is 40.4. The molecule has 0 unspecified atom stereocenters. The summed E-state index contributed by atoms with van der Waals surface area (Å²) in [5.41, 5.74) is 11.6. The maximum atomic E-state index is 6.67. The lowest BCUT2D eigenvalue weighted by atomic mass is 9.82. The average Bonchev–Trinajstić information content (AvgIpc) is 3.99. The number of furan rings is 1. The van der Waals surface area contributed by atoms with Crippen LogP contribution < -0.4 is 0 Å². The van der Waals surface area contributed by atoms with Gasteiger partial charge in [-0.2, -0.15) is 0 Å². The number of hydrogen-bond donors (Lipinski definition) is 0. The predicted molar refractivity (Wildman–Crippen MR) is 246 cm³/mol. The first kappa shape index (κ1) is 34.0. The van der Waals surface area contributed by atoms with Crippen molar-refractivity contribution in [2.45, 2.75) is 19.3 Å². The van der Waals surface area contributed by atoms with Crippen molar-refractivity contribution in [2.24, 2.45) is 0 Å². The Hall–Kier alpha value is -7.96. The van der Waals surface area contributed by atoms with Gasteiger partial charge in [-0.05, 0) is 97.0 Å². The summed E-state index contributed by atoms with van der Waals surface area (Å²) in [6.45, 7) is 4.60. The number of fused-ring (bicyclic) bond motifs is 12. The van der Waals surface area contributed by atoms with E-state index in [0.717, 1.165) is 76.6 Å². The number of nitrogens with zero attached hydrogens (tertiary/aromatic N) is 4. The molecule has 9 aromatic carbocycles. The van der Waals surface area contributed by atoms with Crippen molar-refractivity contribution in [3.63, 3.8) is 0 Å². The highest BCUT2D eigenvalue weighted by Crippen LogP contribution is 2.49.